The van der Waals surface area contributed by atoms with Gasteiger partial charge >= 0.3 is 0 Å². The van der Waals surface area contributed by atoms with Crippen LogP contribution in [-0.4, -0.2) is 29.5 Å². The molecule has 0 bridgehead atoms. The number of methoxy groups -OCH3 is 2. The molecule has 6 nitrogen and oxygen atoms in total. The average Bonchev–Trinajstić information content (AvgIpc) is 2.96. The van der Waals surface area contributed by atoms with Crippen LogP contribution in [0.1, 0.15) is 11.3 Å². The molecule has 0 spiro atoms. The molecule has 0 aliphatic rings. The number of anilines is 1. The van der Waals surface area contributed by atoms with Crippen molar-refractivity contribution in [3.05, 3.63) is 54.0 Å². The molecule has 0 aliphatic carbocycles. The van der Waals surface area contributed by atoms with Crippen molar-refractivity contribution < 1.29 is 14.3 Å². The predicted octanol–water partition coefficient (Wildman–Crippen LogP) is 2.84. The van der Waals surface area contributed by atoms with E-state index in [2.05, 4.69) is 10.3 Å². The predicted molar refractivity (Wildman–Crippen MR) is 91.8 cm³/mol. The number of aromatic nitrogens is 2. The molecule has 1 amide bonds. The largest absolute Gasteiger partial charge is 0.497 e. The molecule has 0 aliphatic heterocycles. The van der Waals surface area contributed by atoms with Crippen molar-refractivity contribution >= 4 is 17.2 Å². The molecule has 0 atom stereocenters. The lowest BCUT2D eigenvalue weighted by atomic mass is 10.2. The van der Waals surface area contributed by atoms with Crippen molar-refractivity contribution in [2.45, 2.75) is 13.3 Å². The van der Waals surface area contributed by atoms with Gasteiger partial charge in [0.2, 0.25) is 5.91 Å². The Hall–Kier alpha value is -3.02. The average molecular weight is 325 g/mol. The molecule has 124 valence electrons. The Morgan fingerprint density at radius 2 is 2.04 bits per heavy atom. The molecule has 3 rings (SSSR count). The highest BCUT2D eigenvalue weighted by Crippen LogP contribution is 2.29. The van der Waals surface area contributed by atoms with Gasteiger partial charge in [0.15, 0.2) is 0 Å². The van der Waals surface area contributed by atoms with Gasteiger partial charge < -0.3 is 19.2 Å². The number of ether oxygens (including phenoxy) is 2. The van der Waals surface area contributed by atoms with Gasteiger partial charge in [-0.05, 0) is 36.8 Å². The number of carbonyl (C=O) groups is 1. The number of fused-ring (bicyclic) bond motifs is 1. The lowest BCUT2D eigenvalue weighted by molar-refractivity contribution is -0.115. The van der Waals surface area contributed by atoms with E-state index in [0.717, 1.165) is 11.2 Å². The molecule has 2 heterocycles. The number of rotatable bonds is 5. The minimum atomic E-state index is -0.154. The summed E-state index contributed by atoms with van der Waals surface area (Å²) in [4.78, 5) is 16.8. The van der Waals surface area contributed by atoms with Gasteiger partial charge in [0.25, 0.3) is 0 Å². The van der Waals surface area contributed by atoms with Crippen molar-refractivity contribution in [1.29, 1.82) is 0 Å². The third-order valence-electron chi connectivity index (χ3n) is 3.69. The van der Waals surface area contributed by atoms with Crippen molar-refractivity contribution in [3.8, 4) is 11.5 Å². The summed E-state index contributed by atoms with van der Waals surface area (Å²) in [6, 6.07) is 9.23. The Bertz CT molecular complexity index is 886. The number of imidazole rings is 1. The second kappa shape index (κ2) is 6.62. The van der Waals surface area contributed by atoms with Crippen molar-refractivity contribution in [1.82, 2.24) is 9.38 Å². The minimum Gasteiger partial charge on any atom is -0.497 e. The Morgan fingerprint density at radius 1 is 1.21 bits per heavy atom. The summed E-state index contributed by atoms with van der Waals surface area (Å²) in [5, 5.41) is 2.85. The standard InChI is InChI=1S/C18H19N3O3/c1-12-6-7-21-11-13(19-17(21)8-12)9-18(22)20-15-5-4-14(23-2)10-16(15)24-3/h4-8,10-11H,9H2,1-3H3,(H,20,22). The van der Waals surface area contributed by atoms with Crippen LogP contribution in [0.3, 0.4) is 0 Å². The van der Waals surface area contributed by atoms with Crippen LogP contribution < -0.4 is 14.8 Å². The highest BCUT2D eigenvalue weighted by Gasteiger charge is 2.11. The van der Waals surface area contributed by atoms with Gasteiger partial charge in [-0.1, -0.05) is 0 Å². The monoisotopic (exact) mass is 325 g/mol. The van der Waals surface area contributed by atoms with E-state index >= 15 is 0 Å². The van der Waals surface area contributed by atoms with Gasteiger partial charge in [-0.3, -0.25) is 4.79 Å². The summed E-state index contributed by atoms with van der Waals surface area (Å²) in [5.74, 6) is 1.06. The molecule has 2 aromatic heterocycles. The number of hydrogen-bond acceptors (Lipinski definition) is 4. The minimum absolute atomic E-state index is 0.154. The number of carbonyl (C=O) groups excluding carboxylic acids is 1. The molecule has 1 N–H and O–H groups in total. The third-order valence-corrected chi connectivity index (χ3v) is 3.69. The first-order valence-corrected chi connectivity index (χ1v) is 7.55. The molecular formula is C18H19N3O3. The molecule has 0 saturated carbocycles. The Morgan fingerprint density at radius 3 is 2.79 bits per heavy atom. The van der Waals surface area contributed by atoms with E-state index in [0.29, 0.717) is 22.9 Å². The van der Waals surface area contributed by atoms with E-state index in [1.165, 1.54) is 0 Å². The first-order chi connectivity index (χ1) is 11.6. The third kappa shape index (κ3) is 3.32. The fraction of sp³-hybridized carbons (Fsp3) is 0.222. The number of pyridine rings is 1. The molecule has 3 aromatic rings. The summed E-state index contributed by atoms with van der Waals surface area (Å²) in [6.45, 7) is 2.01. The van der Waals surface area contributed by atoms with Crippen LogP contribution in [0, 0.1) is 6.92 Å². The second-order valence-corrected chi connectivity index (χ2v) is 5.49. The maximum absolute atomic E-state index is 12.3. The second-order valence-electron chi connectivity index (χ2n) is 5.49. The highest BCUT2D eigenvalue weighted by atomic mass is 16.5. The lowest BCUT2D eigenvalue weighted by Gasteiger charge is -2.11. The molecular weight excluding hydrogens is 306 g/mol. The van der Waals surface area contributed by atoms with Crippen molar-refractivity contribution in [2.24, 2.45) is 0 Å². The Labute approximate surface area is 140 Å². The van der Waals surface area contributed by atoms with E-state index in [1.54, 1.807) is 32.4 Å². The zero-order valence-electron chi connectivity index (χ0n) is 13.9. The van der Waals surface area contributed by atoms with Crippen LogP contribution in [0.4, 0.5) is 5.69 Å². The number of aryl methyl sites for hydroxylation is 1. The summed E-state index contributed by atoms with van der Waals surface area (Å²) in [6.07, 6.45) is 3.99. The fourth-order valence-corrected chi connectivity index (χ4v) is 2.48. The highest BCUT2D eigenvalue weighted by molar-refractivity contribution is 5.93. The van der Waals surface area contributed by atoms with E-state index in [9.17, 15) is 4.79 Å². The zero-order chi connectivity index (χ0) is 17.1. The van der Waals surface area contributed by atoms with Crippen LogP contribution in [-0.2, 0) is 11.2 Å². The number of hydrogen-bond donors (Lipinski definition) is 1. The Kier molecular flexibility index (Phi) is 4.37. The molecule has 0 unspecified atom stereocenters. The number of amides is 1. The van der Waals surface area contributed by atoms with Gasteiger partial charge in [0.1, 0.15) is 17.1 Å². The van der Waals surface area contributed by atoms with Crippen LogP contribution in [0.2, 0.25) is 0 Å². The van der Waals surface area contributed by atoms with Gasteiger partial charge in [0.05, 0.1) is 32.0 Å². The first kappa shape index (κ1) is 15.9. The molecule has 0 radical (unpaired) electrons. The maximum Gasteiger partial charge on any atom is 0.230 e. The van der Waals surface area contributed by atoms with Gasteiger partial charge in [-0.25, -0.2) is 4.98 Å². The summed E-state index contributed by atoms with van der Waals surface area (Å²) < 4.78 is 12.3. The van der Waals surface area contributed by atoms with Gasteiger partial charge in [0, 0.05) is 18.5 Å². The van der Waals surface area contributed by atoms with Gasteiger partial charge in [-0.15, -0.1) is 0 Å². The SMILES string of the molecule is COc1ccc(NC(=O)Cc2cn3ccc(C)cc3n2)c(OC)c1. The van der Waals surface area contributed by atoms with Crippen molar-refractivity contribution in [3.63, 3.8) is 0 Å². The van der Waals surface area contributed by atoms with E-state index < -0.39 is 0 Å². The molecule has 0 fully saturated rings. The number of nitrogens with zero attached hydrogens (tertiary/aromatic N) is 2. The maximum atomic E-state index is 12.3. The summed E-state index contributed by atoms with van der Waals surface area (Å²) in [7, 11) is 3.13. The van der Waals surface area contributed by atoms with Crippen molar-refractivity contribution in [2.75, 3.05) is 19.5 Å². The molecule has 0 saturated heterocycles. The first-order valence-electron chi connectivity index (χ1n) is 7.55. The molecule has 1 aromatic carbocycles. The van der Waals surface area contributed by atoms with E-state index in [1.807, 2.05) is 35.9 Å². The quantitative estimate of drug-likeness (QED) is 0.783. The van der Waals surface area contributed by atoms with E-state index in [-0.39, 0.29) is 12.3 Å². The zero-order valence-corrected chi connectivity index (χ0v) is 13.9. The van der Waals surface area contributed by atoms with Crippen LogP contribution in [0.15, 0.2) is 42.7 Å². The number of nitrogens with one attached hydrogen (secondary N) is 1. The fourth-order valence-electron chi connectivity index (χ4n) is 2.48. The Balaban J connectivity index is 1.75. The van der Waals surface area contributed by atoms with Crippen LogP contribution in [0.25, 0.3) is 5.65 Å². The topological polar surface area (TPSA) is 64.9 Å². The van der Waals surface area contributed by atoms with Crippen LogP contribution in [0.5, 0.6) is 11.5 Å². The smallest absolute Gasteiger partial charge is 0.230 e. The lowest BCUT2D eigenvalue weighted by Crippen LogP contribution is -2.15. The van der Waals surface area contributed by atoms with E-state index in [4.69, 9.17) is 9.47 Å². The number of benzene rings is 1. The normalized spacial score (nSPS) is 10.6. The van der Waals surface area contributed by atoms with Gasteiger partial charge in [-0.2, -0.15) is 0 Å². The molecule has 24 heavy (non-hydrogen) atoms. The summed E-state index contributed by atoms with van der Waals surface area (Å²) >= 11 is 0. The van der Waals surface area contributed by atoms with Crippen LogP contribution >= 0.6 is 0 Å². The molecule has 6 heteroatoms. The summed E-state index contributed by atoms with van der Waals surface area (Å²) in [5.41, 5.74) is 3.28.